The van der Waals surface area contributed by atoms with Crippen molar-refractivity contribution in [3.05, 3.63) is 0 Å². The Morgan fingerprint density at radius 1 is 1.13 bits per heavy atom. The molecule has 5 heteroatoms. The smallest absolute Gasteiger partial charge is 0.248 e. The van der Waals surface area contributed by atoms with Crippen LogP contribution in [0.5, 0.6) is 0 Å². The number of carbonyl (C=O) groups is 1. The van der Waals surface area contributed by atoms with E-state index in [4.69, 9.17) is 10.7 Å². The summed E-state index contributed by atoms with van der Waals surface area (Å²) in [5.74, 6) is 2.73. The number of nitrogens with zero attached hydrogens (tertiary/aromatic N) is 2. The van der Waals surface area contributed by atoms with Crippen molar-refractivity contribution in [2.24, 2.45) is 33.9 Å². The van der Waals surface area contributed by atoms with Crippen LogP contribution >= 0.6 is 0 Å². The van der Waals surface area contributed by atoms with Crippen molar-refractivity contribution in [1.29, 1.82) is 0 Å². The Morgan fingerprint density at radius 3 is 2.57 bits per heavy atom. The summed E-state index contributed by atoms with van der Waals surface area (Å²) in [5, 5.41) is 11.0. The normalized spacial score (nSPS) is 58.9. The highest BCUT2D eigenvalue weighted by atomic mass is 16.3. The molecular weight excluding hydrogens is 290 g/mol. The average molecular weight is 315 g/mol. The molecule has 1 saturated heterocycles. The zero-order chi connectivity index (χ0) is 15.6. The Kier molecular flexibility index (Phi) is 2.16. The number of rotatable bonds is 1. The van der Waals surface area contributed by atoms with Crippen molar-refractivity contribution in [1.82, 2.24) is 4.90 Å². The first-order chi connectivity index (χ1) is 11.0. The molecule has 6 atom stereocenters. The molecule has 0 aromatic heterocycles. The fourth-order valence-electron chi connectivity index (χ4n) is 7.47. The second kappa shape index (κ2) is 3.76. The summed E-state index contributed by atoms with van der Waals surface area (Å²) in [6, 6.07) is 0.177. The summed E-state index contributed by atoms with van der Waals surface area (Å²) in [6.07, 6.45) is 8.15. The van der Waals surface area contributed by atoms with Gasteiger partial charge in [0.1, 0.15) is 11.9 Å². The van der Waals surface area contributed by atoms with Crippen LogP contribution in [0.15, 0.2) is 4.99 Å². The van der Waals surface area contributed by atoms with Gasteiger partial charge in [0.25, 0.3) is 0 Å². The monoisotopic (exact) mass is 315 g/mol. The van der Waals surface area contributed by atoms with Crippen LogP contribution in [0.1, 0.15) is 51.4 Å². The Hall–Kier alpha value is -1.10. The van der Waals surface area contributed by atoms with Crippen LogP contribution in [0, 0.1) is 23.2 Å². The fourth-order valence-corrected chi connectivity index (χ4v) is 7.47. The maximum absolute atomic E-state index is 13.3. The molecule has 0 aromatic rings. The lowest BCUT2D eigenvalue weighted by atomic mass is 9.46. The molecule has 4 bridgehead atoms. The van der Waals surface area contributed by atoms with Gasteiger partial charge in [0.2, 0.25) is 5.91 Å². The van der Waals surface area contributed by atoms with Crippen molar-refractivity contribution in [3.8, 4) is 0 Å². The molecule has 5 aliphatic carbocycles. The summed E-state index contributed by atoms with van der Waals surface area (Å²) in [6.45, 7) is 0. The summed E-state index contributed by atoms with van der Waals surface area (Å²) in [4.78, 5) is 20.1. The maximum Gasteiger partial charge on any atom is 0.248 e. The summed E-state index contributed by atoms with van der Waals surface area (Å²) < 4.78 is 0. The van der Waals surface area contributed by atoms with E-state index in [2.05, 4.69) is 4.90 Å². The second-order valence-corrected chi connectivity index (χ2v) is 9.56. The zero-order valence-electron chi connectivity index (χ0n) is 13.4. The average Bonchev–Trinajstić information content (AvgIpc) is 3.10. The topological polar surface area (TPSA) is 78.9 Å². The first-order valence-electron chi connectivity index (χ1n) is 9.34. The van der Waals surface area contributed by atoms with Gasteiger partial charge in [-0.1, -0.05) is 0 Å². The predicted molar refractivity (Wildman–Crippen MR) is 84.6 cm³/mol. The number of hydrogen-bond acceptors (Lipinski definition) is 4. The summed E-state index contributed by atoms with van der Waals surface area (Å²) >= 11 is 0. The Balaban J connectivity index is 1.42. The lowest BCUT2D eigenvalue weighted by Gasteiger charge is -2.62. The number of carbonyl (C=O) groups excluding carboxylic acids is 1. The van der Waals surface area contributed by atoms with Crippen molar-refractivity contribution >= 4 is 11.7 Å². The molecule has 6 fully saturated rings. The van der Waals surface area contributed by atoms with Gasteiger partial charge in [0.15, 0.2) is 0 Å². The van der Waals surface area contributed by atoms with Crippen molar-refractivity contribution in [2.75, 3.05) is 0 Å². The van der Waals surface area contributed by atoms with Crippen LogP contribution in [0.3, 0.4) is 0 Å². The summed E-state index contributed by atoms with van der Waals surface area (Å²) in [7, 11) is 0. The minimum Gasteiger partial charge on any atom is -0.390 e. The van der Waals surface area contributed by atoms with Gasteiger partial charge in [-0.2, -0.15) is 0 Å². The number of amidine groups is 1. The number of nitrogens with two attached hydrogens (primary N) is 1. The molecule has 23 heavy (non-hydrogen) atoms. The fraction of sp³-hybridized carbons (Fsp3) is 0.889. The molecule has 7 aliphatic rings. The van der Waals surface area contributed by atoms with Crippen LogP contribution in [0.2, 0.25) is 0 Å². The van der Waals surface area contributed by atoms with E-state index in [1.54, 1.807) is 0 Å². The molecule has 1 amide bonds. The molecule has 3 N–H and O–H groups in total. The third kappa shape index (κ3) is 1.57. The van der Waals surface area contributed by atoms with E-state index in [1.807, 2.05) is 0 Å². The molecule has 5 nitrogen and oxygen atoms in total. The molecule has 5 saturated carbocycles. The van der Waals surface area contributed by atoms with E-state index in [0.29, 0.717) is 29.6 Å². The van der Waals surface area contributed by atoms with E-state index in [9.17, 15) is 9.90 Å². The molecule has 124 valence electrons. The molecule has 2 heterocycles. The highest BCUT2D eigenvalue weighted by Gasteiger charge is 2.65. The van der Waals surface area contributed by atoms with E-state index in [0.717, 1.165) is 44.9 Å². The number of aliphatic hydroxyl groups is 1. The molecular formula is C18H25N3O2. The van der Waals surface area contributed by atoms with Crippen LogP contribution < -0.4 is 5.73 Å². The quantitative estimate of drug-likeness (QED) is 0.759. The van der Waals surface area contributed by atoms with E-state index < -0.39 is 5.60 Å². The Bertz CT molecular complexity index is 630. The predicted octanol–water partition coefficient (Wildman–Crippen LogP) is 1.05. The SMILES string of the molecule is NC1=N[C@@H](C23CC4CC(CC(O)(C4)C2)C3)C(=O)N2[C@H]1C[C@@H]1C[C@@H]12. The minimum atomic E-state index is -0.543. The van der Waals surface area contributed by atoms with Crippen LogP contribution in [0.25, 0.3) is 0 Å². The highest BCUT2D eigenvalue weighted by molar-refractivity contribution is 5.99. The molecule has 2 aliphatic heterocycles. The van der Waals surface area contributed by atoms with Crippen LogP contribution in [0.4, 0.5) is 0 Å². The highest BCUT2D eigenvalue weighted by Crippen LogP contribution is 2.64. The van der Waals surface area contributed by atoms with Crippen molar-refractivity contribution in [3.63, 3.8) is 0 Å². The first-order valence-corrected chi connectivity index (χ1v) is 9.34. The Morgan fingerprint density at radius 2 is 1.87 bits per heavy atom. The Labute approximate surface area is 136 Å². The molecule has 0 spiro atoms. The van der Waals surface area contributed by atoms with Gasteiger partial charge in [0.05, 0.1) is 11.6 Å². The van der Waals surface area contributed by atoms with Crippen LogP contribution in [-0.2, 0) is 4.79 Å². The van der Waals surface area contributed by atoms with Crippen molar-refractivity contribution in [2.45, 2.75) is 75.1 Å². The van der Waals surface area contributed by atoms with Gasteiger partial charge in [-0.25, -0.2) is 0 Å². The molecule has 0 radical (unpaired) electrons. The number of hydrogen-bond donors (Lipinski definition) is 2. The van der Waals surface area contributed by atoms with Gasteiger partial charge < -0.3 is 15.7 Å². The number of fused-ring (bicyclic) bond motifs is 3. The standard InChI is InChI=1S/C18H25N3O2/c19-15-13-3-11-2-12(11)21(13)16(22)14(20-15)17-4-9-1-10(5-17)7-18(23,6-9)8-17/h9-14,23H,1-8H2,(H2,19,20)/t9?,10?,11-,12-,13-,14+,17?,18?/m0/s1. The third-order valence-electron chi connectivity index (χ3n) is 7.87. The lowest BCUT2D eigenvalue weighted by Crippen LogP contribution is -2.64. The molecule has 0 aromatic carbocycles. The number of amides is 1. The number of piperidine rings is 1. The maximum atomic E-state index is 13.3. The largest absolute Gasteiger partial charge is 0.390 e. The van der Waals surface area contributed by atoms with Gasteiger partial charge in [-0.3, -0.25) is 9.79 Å². The molecule has 2 unspecified atom stereocenters. The van der Waals surface area contributed by atoms with Gasteiger partial charge in [0, 0.05) is 11.5 Å². The second-order valence-electron chi connectivity index (χ2n) is 9.56. The van der Waals surface area contributed by atoms with Crippen molar-refractivity contribution < 1.29 is 9.90 Å². The van der Waals surface area contributed by atoms with Gasteiger partial charge >= 0.3 is 0 Å². The lowest BCUT2D eigenvalue weighted by molar-refractivity contribution is -0.178. The zero-order valence-corrected chi connectivity index (χ0v) is 13.4. The van der Waals surface area contributed by atoms with E-state index in [-0.39, 0.29) is 23.4 Å². The van der Waals surface area contributed by atoms with Gasteiger partial charge in [-0.15, -0.1) is 0 Å². The first kappa shape index (κ1) is 13.2. The van der Waals surface area contributed by atoms with Gasteiger partial charge in [-0.05, 0) is 69.1 Å². The third-order valence-corrected chi connectivity index (χ3v) is 7.87. The van der Waals surface area contributed by atoms with E-state index >= 15 is 0 Å². The van der Waals surface area contributed by atoms with Crippen LogP contribution in [-0.4, -0.2) is 45.5 Å². The van der Waals surface area contributed by atoms with E-state index in [1.165, 1.54) is 6.42 Å². The summed E-state index contributed by atoms with van der Waals surface area (Å²) in [5.41, 5.74) is 5.63. The minimum absolute atomic E-state index is 0.0690. The number of aliphatic imine (C=N–C) groups is 1. The molecule has 7 rings (SSSR count).